The van der Waals surface area contributed by atoms with E-state index in [0.29, 0.717) is 16.9 Å². The van der Waals surface area contributed by atoms with Gasteiger partial charge in [0.05, 0.1) is 23.3 Å². The summed E-state index contributed by atoms with van der Waals surface area (Å²) in [7, 11) is 1.19. The Bertz CT molecular complexity index is 1080. The second-order valence-electron chi connectivity index (χ2n) is 6.39. The summed E-state index contributed by atoms with van der Waals surface area (Å²) in [6.45, 7) is 2.99. The monoisotopic (exact) mass is 413 g/mol. The summed E-state index contributed by atoms with van der Waals surface area (Å²) in [6, 6.07) is 10.6. The Balaban J connectivity index is 2.20. The van der Waals surface area contributed by atoms with Gasteiger partial charge in [0, 0.05) is 22.5 Å². The van der Waals surface area contributed by atoms with Gasteiger partial charge in [-0.05, 0) is 44.2 Å². The van der Waals surface area contributed by atoms with Crippen molar-refractivity contribution in [2.45, 2.75) is 13.8 Å². The molecule has 29 heavy (non-hydrogen) atoms. The molecule has 0 saturated heterocycles. The van der Waals surface area contributed by atoms with Crippen LogP contribution in [0.1, 0.15) is 29.8 Å². The average Bonchev–Trinajstić information content (AvgIpc) is 2.94. The quantitative estimate of drug-likeness (QED) is 0.419. The lowest BCUT2D eigenvalue weighted by Gasteiger charge is -2.18. The number of esters is 1. The van der Waals surface area contributed by atoms with Crippen molar-refractivity contribution >= 4 is 41.0 Å². The van der Waals surface area contributed by atoms with Crippen LogP contribution in [0.3, 0.4) is 0 Å². The van der Waals surface area contributed by atoms with E-state index >= 15 is 0 Å². The van der Waals surface area contributed by atoms with Gasteiger partial charge in [-0.15, -0.1) is 0 Å². The number of carbonyl (C=O) groups is 3. The zero-order valence-electron chi connectivity index (χ0n) is 16.0. The summed E-state index contributed by atoms with van der Waals surface area (Å²) in [4.78, 5) is 38.6. The molecule has 0 fully saturated rings. The largest absolute Gasteiger partial charge is 0.465 e. The van der Waals surface area contributed by atoms with Crippen LogP contribution in [0.5, 0.6) is 0 Å². The van der Waals surface area contributed by atoms with Gasteiger partial charge in [-0.3, -0.25) is 14.5 Å². The molecule has 3 rings (SSSR count). The molecule has 1 aliphatic heterocycles. The molecular weight excluding hydrogens is 397 g/mol. The first-order valence-corrected chi connectivity index (χ1v) is 9.04. The number of carbonyl (C=O) groups excluding carboxylic acids is 3. The van der Waals surface area contributed by atoms with Gasteiger partial charge in [0.1, 0.15) is 5.82 Å². The third-order valence-electron chi connectivity index (χ3n) is 4.59. The summed E-state index contributed by atoms with van der Waals surface area (Å²) in [5.74, 6) is -2.08. The Morgan fingerprint density at radius 2 is 1.86 bits per heavy atom. The lowest BCUT2D eigenvalue weighted by atomic mass is 10.0. The number of hydrogen-bond donors (Lipinski definition) is 0. The topological polar surface area (TPSA) is 63.7 Å². The number of Topliss-reactive ketones (excluding diaryl/α,β-unsaturated/α-hetero) is 1. The standard InChI is InChI=1S/C22H17ClFNO4/c1-12-20(22(28)29-3)17(11-16-18(23)8-5-9-19(16)24)21(27)25(12)15-7-4-6-14(10-15)13(2)26/h4-11H,1-3H3/b17-11-. The van der Waals surface area contributed by atoms with Gasteiger partial charge >= 0.3 is 5.97 Å². The Morgan fingerprint density at radius 3 is 2.48 bits per heavy atom. The lowest BCUT2D eigenvalue weighted by molar-refractivity contribution is -0.136. The highest BCUT2D eigenvalue weighted by Crippen LogP contribution is 2.36. The third-order valence-corrected chi connectivity index (χ3v) is 4.92. The van der Waals surface area contributed by atoms with Gasteiger partial charge in [0.2, 0.25) is 0 Å². The Kier molecular flexibility index (Phi) is 5.66. The number of benzene rings is 2. The molecule has 148 valence electrons. The number of ether oxygens (including phenoxy) is 1. The number of amides is 1. The summed E-state index contributed by atoms with van der Waals surface area (Å²) in [5, 5.41) is 0.101. The van der Waals surface area contributed by atoms with Crippen LogP contribution in [-0.4, -0.2) is 24.8 Å². The Morgan fingerprint density at radius 1 is 1.17 bits per heavy atom. The predicted octanol–water partition coefficient (Wildman–Crippen LogP) is 4.56. The molecule has 1 heterocycles. The molecule has 0 aromatic heterocycles. The highest BCUT2D eigenvalue weighted by atomic mass is 35.5. The normalized spacial score (nSPS) is 15.3. The molecule has 0 saturated carbocycles. The zero-order chi connectivity index (χ0) is 21.3. The third kappa shape index (κ3) is 3.71. The van der Waals surface area contributed by atoms with Crippen LogP contribution >= 0.6 is 11.6 Å². The van der Waals surface area contributed by atoms with E-state index in [1.54, 1.807) is 31.2 Å². The first-order chi connectivity index (χ1) is 13.8. The van der Waals surface area contributed by atoms with E-state index in [1.807, 2.05) is 0 Å². The van der Waals surface area contributed by atoms with Crippen molar-refractivity contribution in [3.8, 4) is 0 Å². The van der Waals surface area contributed by atoms with Crippen LogP contribution in [-0.2, 0) is 14.3 Å². The van der Waals surface area contributed by atoms with Crippen molar-refractivity contribution < 1.29 is 23.5 Å². The van der Waals surface area contributed by atoms with Crippen molar-refractivity contribution in [2.75, 3.05) is 12.0 Å². The number of methoxy groups -OCH3 is 1. The van der Waals surface area contributed by atoms with Crippen molar-refractivity contribution in [1.82, 2.24) is 0 Å². The van der Waals surface area contributed by atoms with Gasteiger partial charge < -0.3 is 4.74 Å². The minimum Gasteiger partial charge on any atom is -0.465 e. The molecule has 0 atom stereocenters. The fourth-order valence-electron chi connectivity index (χ4n) is 3.15. The molecule has 5 nitrogen and oxygen atoms in total. The van der Waals surface area contributed by atoms with E-state index in [4.69, 9.17) is 16.3 Å². The van der Waals surface area contributed by atoms with E-state index in [0.717, 1.165) is 0 Å². The molecule has 0 aliphatic carbocycles. The highest BCUT2D eigenvalue weighted by Gasteiger charge is 2.38. The Labute approximate surface area is 172 Å². The van der Waals surface area contributed by atoms with Crippen molar-refractivity contribution in [3.63, 3.8) is 0 Å². The number of halogens is 2. The predicted molar refractivity (Wildman–Crippen MR) is 108 cm³/mol. The molecule has 0 N–H and O–H groups in total. The maximum absolute atomic E-state index is 14.3. The molecule has 1 amide bonds. The molecule has 1 aliphatic rings. The van der Waals surface area contributed by atoms with Crippen LogP contribution in [0, 0.1) is 5.82 Å². The first-order valence-electron chi connectivity index (χ1n) is 8.67. The maximum Gasteiger partial charge on any atom is 0.340 e. The second kappa shape index (κ2) is 8.01. The van der Waals surface area contributed by atoms with Crippen molar-refractivity contribution in [3.05, 3.63) is 81.3 Å². The van der Waals surface area contributed by atoms with Crippen LogP contribution in [0.2, 0.25) is 5.02 Å². The second-order valence-corrected chi connectivity index (χ2v) is 6.80. The van der Waals surface area contributed by atoms with Crippen molar-refractivity contribution in [2.24, 2.45) is 0 Å². The summed E-state index contributed by atoms with van der Waals surface area (Å²) >= 11 is 6.08. The number of ketones is 1. The van der Waals surface area contributed by atoms with Gasteiger partial charge in [-0.25, -0.2) is 9.18 Å². The SMILES string of the molecule is COC(=O)C1=C(C)N(c2cccc(C(C)=O)c2)C(=O)/C1=C\c1c(F)cccc1Cl. The maximum atomic E-state index is 14.3. The summed E-state index contributed by atoms with van der Waals surface area (Å²) in [5.41, 5.74) is 1.08. The number of allylic oxidation sites excluding steroid dienone is 1. The molecular formula is C22H17ClFNO4. The number of hydrogen-bond acceptors (Lipinski definition) is 4. The van der Waals surface area contributed by atoms with E-state index in [1.165, 1.54) is 43.2 Å². The molecule has 0 bridgehead atoms. The van der Waals surface area contributed by atoms with E-state index in [9.17, 15) is 18.8 Å². The number of anilines is 1. The number of nitrogens with zero attached hydrogens (tertiary/aromatic N) is 1. The first kappa shape index (κ1) is 20.5. The average molecular weight is 414 g/mol. The number of rotatable bonds is 4. The van der Waals surface area contributed by atoms with Crippen LogP contribution < -0.4 is 4.90 Å². The van der Waals surface area contributed by atoms with Gasteiger partial charge in [-0.1, -0.05) is 29.8 Å². The van der Waals surface area contributed by atoms with Crippen molar-refractivity contribution in [1.29, 1.82) is 0 Å². The summed E-state index contributed by atoms with van der Waals surface area (Å²) < 4.78 is 19.1. The van der Waals surface area contributed by atoms with Gasteiger partial charge in [0.15, 0.2) is 5.78 Å². The minimum atomic E-state index is -0.736. The van der Waals surface area contributed by atoms with Gasteiger partial charge in [0.25, 0.3) is 5.91 Å². The zero-order valence-corrected chi connectivity index (χ0v) is 16.7. The Hall–Kier alpha value is -3.25. The highest BCUT2D eigenvalue weighted by molar-refractivity contribution is 6.32. The van der Waals surface area contributed by atoms with Crippen LogP contribution in [0.25, 0.3) is 6.08 Å². The fourth-order valence-corrected chi connectivity index (χ4v) is 3.37. The molecule has 7 heteroatoms. The van der Waals surface area contributed by atoms with E-state index < -0.39 is 17.7 Å². The fraction of sp³-hybridized carbons (Fsp3) is 0.136. The minimum absolute atomic E-state index is 0.00467. The van der Waals surface area contributed by atoms with E-state index in [-0.39, 0.29) is 27.5 Å². The molecule has 2 aromatic carbocycles. The van der Waals surface area contributed by atoms with Crippen LogP contribution in [0.4, 0.5) is 10.1 Å². The molecule has 0 radical (unpaired) electrons. The molecule has 0 spiro atoms. The van der Waals surface area contributed by atoms with Gasteiger partial charge in [-0.2, -0.15) is 0 Å². The molecule has 2 aromatic rings. The van der Waals surface area contributed by atoms with Crippen LogP contribution in [0.15, 0.2) is 59.3 Å². The van der Waals surface area contributed by atoms with E-state index in [2.05, 4.69) is 0 Å². The summed E-state index contributed by atoms with van der Waals surface area (Å²) in [6.07, 6.45) is 1.24. The lowest BCUT2D eigenvalue weighted by Crippen LogP contribution is -2.24. The molecule has 0 unspecified atom stereocenters. The smallest absolute Gasteiger partial charge is 0.340 e.